The third-order valence-corrected chi connectivity index (χ3v) is 5.49. The van der Waals surface area contributed by atoms with Crippen molar-refractivity contribution in [1.29, 1.82) is 0 Å². The van der Waals surface area contributed by atoms with Gasteiger partial charge in [0.15, 0.2) is 0 Å². The van der Waals surface area contributed by atoms with Gasteiger partial charge in [0, 0.05) is 22.8 Å². The summed E-state index contributed by atoms with van der Waals surface area (Å²) in [6, 6.07) is 27.4. The van der Waals surface area contributed by atoms with Gasteiger partial charge >= 0.3 is 5.97 Å². The van der Waals surface area contributed by atoms with Crippen molar-refractivity contribution in [3.63, 3.8) is 0 Å². The van der Waals surface area contributed by atoms with Crippen molar-refractivity contribution in [3.8, 4) is 5.69 Å². The first-order chi connectivity index (χ1) is 14.7. The first-order valence-corrected chi connectivity index (χ1v) is 10.2. The normalized spacial score (nSPS) is 11.3. The summed E-state index contributed by atoms with van der Waals surface area (Å²) in [5.41, 5.74) is 7.24. The molecule has 0 bridgehead atoms. The molecule has 1 heterocycles. The number of para-hydroxylation sites is 1. The molecule has 3 heteroatoms. The van der Waals surface area contributed by atoms with Crippen LogP contribution in [0.1, 0.15) is 22.4 Å². The van der Waals surface area contributed by atoms with E-state index in [1.54, 1.807) is 6.08 Å². The lowest BCUT2D eigenvalue weighted by Crippen LogP contribution is -1.98. The molecule has 0 fully saturated rings. The molecule has 0 aliphatic heterocycles. The number of carbonyl (C=O) groups excluding carboxylic acids is 1. The molecule has 4 aromatic rings. The van der Waals surface area contributed by atoms with Crippen molar-refractivity contribution >= 4 is 22.9 Å². The van der Waals surface area contributed by atoms with Crippen LogP contribution in [0.3, 0.4) is 0 Å². The van der Waals surface area contributed by atoms with Crippen molar-refractivity contribution in [3.05, 3.63) is 107 Å². The first kappa shape index (κ1) is 19.7. The summed E-state index contributed by atoms with van der Waals surface area (Å²) < 4.78 is 7.04. The number of nitrogens with zero attached hydrogens (tertiary/aromatic N) is 1. The van der Waals surface area contributed by atoms with Gasteiger partial charge < -0.3 is 9.30 Å². The van der Waals surface area contributed by atoms with Crippen LogP contribution in [-0.2, 0) is 22.4 Å². The zero-order valence-corrected chi connectivity index (χ0v) is 17.3. The van der Waals surface area contributed by atoms with Gasteiger partial charge in [-0.15, -0.1) is 0 Å². The predicted molar refractivity (Wildman–Crippen MR) is 123 cm³/mol. The molecule has 0 aliphatic rings. The number of benzene rings is 3. The van der Waals surface area contributed by atoms with Crippen LogP contribution in [0.15, 0.2) is 84.9 Å². The van der Waals surface area contributed by atoms with E-state index in [2.05, 4.69) is 78.2 Å². The zero-order chi connectivity index (χ0) is 20.9. The molecular weight excluding hydrogens is 370 g/mol. The van der Waals surface area contributed by atoms with Crippen LogP contribution in [0, 0.1) is 6.92 Å². The molecule has 3 aromatic carbocycles. The van der Waals surface area contributed by atoms with Crippen molar-refractivity contribution < 1.29 is 9.53 Å². The molecule has 0 saturated heterocycles. The van der Waals surface area contributed by atoms with Crippen molar-refractivity contribution in [2.45, 2.75) is 19.8 Å². The van der Waals surface area contributed by atoms with Crippen molar-refractivity contribution in [1.82, 2.24) is 4.57 Å². The summed E-state index contributed by atoms with van der Waals surface area (Å²) in [5, 5.41) is 1.22. The molecule has 3 nitrogen and oxygen atoms in total. The molecule has 4 rings (SSSR count). The zero-order valence-electron chi connectivity index (χ0n) is 17.3. The Morgan fingerprint density at radius 1 is 0.933 bits per heavy atom. The Kier molecular flexibility index (Phi) is 5.80. The maximum Gasteiger partial charge on any atom is 0.330 e. The van der Waals surface area contributed by atoms with E-state index < -0.39 is 0 Å². The molecule has 0 radical (unpaired) electrons. The highest BCUT2D eigenvalue weighted by atomic mass is 16.5. The van der Waals surface area contributed by atoms with Crippen LogP contribution in [0.4, 0.5) is 0 Å². The summed E-state index contributed by atoms with van der Waals surface area (Å²) in [6.45, 7) is 2.19. The van der Waals surface area contributed by atoms with E-state index in [1.165, 1.54) is 40.9 Å². The van der Waals surface area contributed by atoms with Gasteiger partial charge in [-0.25, -0.2) is 4.79 Å². The molecule has 0 saturated carbocycles. The minimum Gasteiger partial charge on any atom is -0.466 e. The van der Waals surface area contributed by atoms with Crippen LogP contribution in [0.25, 0.3) is 22.7 Å². The van der Waals surface area contributed by atoms with E-state index in [4.69, 9.17) is 4.74 Å². The SMILES string of the molecule is COC(=O)C=Cc1ccc2c(c1)c(CCc1ccccc1)c(C)n2-c1ccccc1. The molecule has 0 N–H and O–H groups in total. The minimum absolute atomic E-state index is 0.350. The van der Waals surface area contributed by atoms with E-state index in [0.717, 1.165) is 24.1 Å². The second-order valence-corrected chi connectivity index (χ2v) is 7.35. The van der Waals surface area contributed by atoms with Gasteiger partial charge in [0.05, 0.1) is 12.6 Å². The third kappa shape index (κ3) is 4.06. The Morgan fingerprint density at radius 2 is 1.63 bits per heavy atom. The first-order valence-electron chi connectivity index (χ1n) is 10.2. The molecular formula is C27H25NO2. The topological polar surface area (TPSA) is 31.2 Å². The quantitative estimate of drug-likeness (QED) is 0.300. The fourth-order valence-corrected chi connectivity index (χ4v) is 3.98. The molecule has 0 atom stereocenters. The third-order valence-electron chi connectivity index (χ3n) is 5.49. The van der Waals surface area contributed by atoms with Crippen molar-refractivity contribution in [2.75, 3.05) is 7.11 Å². The molecule has 0 aliphatic carbocycles. The number of hydrogen-bond acceptors (Lipinski definition) is 2. The van der Waals surface area contributed by atoms with Crippen LogP contribution in [-0.4, -0.2) is 17.6 Å². The maximum atomic E-state index is 11.5. The van der Waals surface area contributed by atoms with Gasteiger partial charge in [0.1, 0.15) is 0 Å². The van der Waals surface area contributed by atoms with Gasteiger partial charge in [-0.3, -0.25) is 0 Å². The van der Waals surface area contributed by atoms with E-state index in [0.29, 0.717) is 0 Å². The monoisotopic (exact) mass is 395 g/mol. The Hall–Kier alpha value is -3.59. The molecule has 0 unspecified atom stereocenters. The smallest absolute Gasteiger partial charge is 0.330 e. The summed E-state index contributed by atoms with van der Waals surface area (Å²) in [6.07, 6.45) is 5.21. The molecule has 0 amide bonds. The van der Waals surface area contributed by atoms with Crippen LogP contribution in [0.5, 0.6) is 0 Å². The van der Waals surface area contributed by atoms with E-state index in [1.807, 2.05) is 12.1 Å². The second-order valence-electron chi connectivity index (χ2n) is 7.35. The lowest BCUT2D eigenvalue weighted by atomic mass is 10.0. The fraction of sp³-hybridized carbons (Fsp3) is 0.148. The van der Waals surface area contributed by atoms with Gasteiger partial charge in [0.25, 0.3) is 0 Å². The summed E-state index contributed by atoms with van der Waals surface area (Å²) >= 11 is 0. The largest absolute Gasteiger partial charge is 0.466 e. The molecule has 30 heavy (non-hydrogen) atoms. The Balaban J connectivity index is 1.81. The highest BCUT2D eigenvalue weighted by Crippen LogP contribution is 2.31. The Morgan fingerprint density at radius 3 is 2.33 bits per heavy atom. The van der Waals surface area contributed by atoms with Gasteiger partial charge in [0.2, 0.25) is 0 Å². The summed E-state index contributed by atoms with van der Waals surface area (Å²) in [7, 11) is 1.39. The second kappa shape index (κ2) is 8.83. The van der Waals surface area contributed by atoms with Crippen LogP contribution >= 0.6 is 0 Å². The van der Waals surface area contributed by atoms with E-state index >= 15 is 0 Å². The van der Waals surface area contributed by atoms with Gasteiger partial charge in [-0.05, 0) is 66.8 Å². The number of rotatable bonds is 6. The maximum absolute atomic E-state index is 11.5. The lowest BCUT2D eigenvalue weighted by Gasteiger charge is -2.09. The summed E-state index contributed by atoms with van der Waals surface area (Å²) in [4.78, 5) is 11.5. The predicted octanol–water partition coefficient (Wildman–Crippen LogP) is 5.91. The molecule has 0 spiro atoms. The van der Waals surface area contributed by atoms with E-state index in [9.17, 15) is 4.79 Å². The van der Waals surface area contributed by atoms with Gasteiger partial charge in [-0.1, -0.05) is 54.6 Å². The Labute approximate surface area is 177 Å². The van der Waals surface area contributed by atoms with E-state index in [-0.39, 0.29) is 5.97 Å². The number of carbonyl (C=O) groups is 1. The molecule has 1 aromatic heterocycles. The summed E-state index contributed by atoms with van der Waals surface area (Å²) in [5.74, 6) is -0.350. The standard InChI is InChI=1S/C27H25NO2/c1-20-24(16-13-21-9-5-3-6-10-21)25-19-22(15-18-27(29)30-2)14-17-26(25)28(20)23-11-7-4-8-12-23/h3-12,14-15,17-19H,13,16H2,1-2H3. The highest BCUT2D eigenvalue weighted by molar-refractivity contribution is 5.91. The number of aryl methyl sites for hydroxylation is 2. The number of fused-ring (bicyclic) bond motifs is 1. The number of hydrogen-bond donors (Lipinski definition) is 0. The van der Waals surface area contributed by atoms with Crippen LogP contribution < -0.4 is 0 Å². The number of esters is 1. The van der Waals surface area contributed by atoms with Crippen molar-refractivity contribution in [2.24, 2.45) is 0 Å². The molecule has 150 valence electrons. The number of ether oxygens (including phenoxy) is 1. The number of methoxy groups -OCH3 is 1. The fourth-order valence-electron chi connectivity index (χ4n) is 3.98. The average molecular weight is 396 g/mol. The highest BCUT2D eigenvalue weighted by Gasteiger charge is 2.15. The number of aromatic nitrogens is 1. The lowest BCUT2D eigenvalue weighted by molar-refractivity contribution is -0.134. The van der Waals surface area contributed by atoms with Crippen LogP contribution in [0.2, 0.25) is 0 Å². The Bertz CT molecular complexity index is 1190. The minimum atomic E-state index is -0.350. The van der Waals surface area contributed by atoms with Gasteiger partial charge in [-0.2, -0.15) is 0 Å². The average Bonchev–Trinajstić information content (AvgIpc) is 3.07.